The second-order valence-corrected chi connectivity index (χ2v) is 9.65. The van der Waals surface area contributed by atoms with Crippen LogP contribution in [0.1, 0.15) is 80.9 Å². The van der Waals surface area contributed by atoms with Gasteiger partial charge in [-0.05, 0) is 75.9 Å². The molecule has 188 valence electrons. The Balaban J connectivity index is 1.83. The van der Waals surface area contributed by atoms with Crippen LogP contribution in [-0.4, -0.2) is 35.9 Å². The van der Waals surface area contributed by atoms with E-state index in [4.69, 9.17) is 0 Å². The van der Waals surface area contributed by atoms with Crippen LogP contribution < -0.4 is 16.0 Å². The van der Waals surface area contributed by atoms with Crippen molar-refractivity contribution in [3.8, 4) is 0 Å². The molecule has 1 aromatic heterocycles. The molecule has 0 atom stereocenters. The normalized spacial score (nSPS) is 14.2. The Morgan fingerprint density at radius 2 is 2.06 bits per heavy atom. The molecule has 2 heterocycles. The molecule has 0 fully saturated rings. The number of carbonyl (C=O) groups is 2. The van der Waals surface area contributed by atoms with Crippen molar-refractivity contribution in [3.63, 3.8) is 0 Å². The van der Waals surface area contributed by atoms with E-state index in [1.165, 1.54) is 5.57 Å². The first kappa shape index (κ1) is 26.5. The van der Waals surface area contributed by atoms with Crippen LogP contribution in [0.4, 0.5) is 0 Å². The first-order valence-corrected chi connectivity index (χ1v) is 12.7. The fourth-order valence-electron chi connectivity index (χ4n) is 4.50. The number of nitrogens with one attached hydrogen (secondary N) is 3. The Kier molecular flexibility index (Phi) is 9.10. The molecule has 0 aliphatic carbocycles. The van der Waals surface area contributed by atoms with Gasteiger partial charge in [0.1, 0.15) is 0 Å². The van der Waals surface area contributed by atoms with Gasteiger partial charge in [0.15, 0.2) is 5.78 Å². The van der Waals surface area contributed by atoms with E-state index in [0.717, 1.165) is 66.5 Å². The number of hydrogen-bond donors (Lipinski definition) is 3. The number of fused-ring (bicyclic) bond motifs is 1. The second kappa shape index (κ2) is 12.0. The zero-order valence-electron chi connectivity index (χ0n) is 21.9. The molecule has 0 spiro atoms. The van der Waals surface area contributed by atoms with Crippen LogP contribution in [0.3, 0.4) is 0 Å². The Morgan fingerprint density at radius 1 is 1.29 bits per heavy atom. The number of unbranched alkanes of at least 4 members (excludes halogenated alkanes) is 2. The Morgan fingerprint density at radius 3 is 2.71 bits per heavy atom. The number of Topliss-reactive ketones (excluding diaryl/α,β-unsaturated/α-hetero) is 1. The van der Waals surface area contributed by atoms with E-state index in [9.17, 15) is 9.59 Å². The van der Waals surface area contributed by atoms with E-state index in [-0.39, 0.29) is 30.0 Å². The molecule has 6 nitrogen and oxygen atoms in total. The standard InChI is InChI=1S/C29H40N4O2/c1-7-8-9-10-21(5)32-29(35)22(6)31-17-27(34)25-15-24(23-11-13-30-14-12-23)16-26-28(25)20(4)18-33(26)19(2)3/h10-11,15-16,18-19,30-31H,6-9,12-14,17H2,1-5H3,(H,32,35)/b21-10-. The SMILES string of the molecule is C=C(NCC(=O)c1cc(C2=CCNCC2)cc2c1c(C)cn2C(C)C)C(=O)N/C(C)=C\CCCC. The summed E-state index contributed by atoms with van der Waals surface area (Å²) in [6.07, 6.45) is 10.4. The Labute approximate surface area is 209 Å². The molecule has 35 heavy (non-hydrogen) atoms. The fraction of sp³-hybridized carbons (Fsp3) is 0.448. The minimum Gasteiger partial charge on any atom is -0.374 e. The number of aryl methyl sites for hydroxylation is 1. The minimum atomic E-state index is -0.316. The molecular weight excluding hydrogens is 436 g/mol. The topological polar surface area (TPSA) is 75.2 Å². The van der Waals surface area contributed by atoms with Crippen molar-refractivity contribution < 1.29 is 9.59 Å². The van der Waals surface area contributed by atoms with Crippen LogP contribution in [0.5, 0.6) is 0 Å². The maximum atomic E-state index is 13.5. The van der Waals surface area contributed by atoms with Gasteiger partial charge in [0, 0.05) is 40.9 Å². The first-order chi connectivity index (χ1) is 16.7. The Bertz CT molecular complexity index is 1170. The van der Waals surface area contributed by atoms with Crippen LogP contribution in [0.2, 0.25) is 0 Å². The summed E-state index contributed by atoms with van der Waals surface area (Å²) in [7, 11) is 0. The average molecular weight is 477 g/mol. The number of allylic oxidation sites excluding steroid dienone is 2. The molecule has 1 amide bonds. The van der Waals surface area contributed by atoms with Crippen LogP contribution in [0.15, 0.2) is 48.5 Å². The summed E-state index contributed by atoms with van der Waals surface area (Å²) in [5, 5.41) is 10.1. The van der Waals surface area contributed by atoms with Crippen LogP contribution in [0, 0.1) is 6.92 Å². The van der Waals surface area contributed by atoms with Gasteiger partial charge in [-0.1, -0.05) is 38.5 Å². The summed E-state index contributed by atoms with van der Waals surface area (Å²) in [4.78, 5) is 26.0. The number of benzene rings is 1. The third-order valence-electron chi connectivity index (χ3n) is 6.47. The molecule has 1 aromatic carbocycles. The molecule has 0 unspecified atom stereocenters. The summed E-state index contributed by atoms with van der Waals surface area (Å²) >= 11 is 0. The fourth-order valence-corrected chi connectivity index (χ4v) is 4.50. The van der Waals surface area contributed by atoms with Crippen molar-refractivity contribution in [2.24, 2.45) is 0 Å². The molecule has 0 radical (unpaired) electrons. The zero-order valence-corrected chi connectivity index (χ0v) is 21.9. The lowest BCUT2D eigenvalue weighted by Gasteiger charge is -2.17. The van der Waals surface area contributed by atoms with Crippen molar-refractivity contribution in [2.45, 2.75) is 66.3 Å². The molecular formula is C29H40N4O2. The second-order valence-electron chi connectivity index (χ2n) is 9.65. The number of ketones is 1. The van der Waals surface area contributed by atoms with E-state index in [0.29, 0.717) is 5.56 Å². The van der Waals surface area contributed by atoms with Gasteiger partial charge in [-0.3, -0.25) is 9.59 Å². The maximum absolute atomic E-state index is 13.5. The van der Waals surface area contributed by atoms with Gasteiger partial charge >= 0.3 is 0 Å². The molecule has 0 bridgehead atoms. The van der Waals surface area contributed by atoms with E-state index in [2.05, 4.69) is 73.1 Å². The van der Waals surface area contributed by atoms with E-state index >= 15 is 0 Å². The van der Waals surface area contributed by atoms with Gasteiger partial charge in [-0.15, -0.1) is 0 Å². The van der Waals surface area contributed by atoms with Crippen molar-refractivity contribution in [2.75, 3.05) is 19.6 Å². The molecule has 6 heteroatoms. The molecule has 0 saturated carbocycles. The monoisotopic (exact) mass is 476 g/mol. The highest BCUT2D eigenvalue weighted by molar-refractivity contribution is 6.11. The third kappa shape index (κ3) is 6.51. The number of carbonyl (C=O) groups excluding carboxylic acids is 2. The predicted molar refractivity (Wildman–Crippen MR) is 145 cm³/mol. The molecule has 3 rings (SSSR count). The first-order valence-electron chi connectivity index (χ1n) is 12.7. The number of nitrogens with zero attached hydrogens (tertiary/aromatic N) is 1. The van der Waals surface area contributed by atoms with Crippen molar-refractivity contribution in [1.29, 1.82) is 0 Å². The van der Waals surface area contributed by atoms with Gasteiger partial charge < -0.3 is 20.5 Å². The lowest BCUT2D eigenvalue weighted by atomic mass is 9.93. The Hall–Kier alpha value is -3.12. The van der Waals surface area contributed by atoms with Gasteiger partial charge in [0.25, 0.3) is 5.91 Å². The summed E-state index contributed by atoms with van der Waals surface area (Å²) in [6.45, 7) is 16.0. The van der Waals surface area contributed by atoms with Crippen LogP contribution in [0.25, 0.3) is 16.5 Å². The van der Waals surface area contributed by atoms with Crippen molar-refractivity contribution >= 4 is 28.2 Å². The van der Waals surface area contributed by atoms with Gasteiger partial charge in [-0.2, -0.15) is 0 Å². The lowest BCUT2D eigenvalue weighted by molar-refractivity contribution is -0.117. The largest absolute Gasteiger partial charge is 0.374 e. The number of aromatic nitrogens is 1. The molecule has 0 saturated heterocycles. The highest BCUT2D eigenvalue weighted by atomic mass is 16.2. The maximum Gasteiger partial charge on any atom is 0.270 e. The highest BCUT2D eigenvalue weighted by Crippen LogP contribution is 2.32. The summed E-state index contributed by atoms with van der Waals surface area (Å²) in [5.41, 5.74) is 6.17. The lowest BCUT2D eigenvalue weighted by Crippen LogP contribution is -2.33. The summed E-state index contributed by atoms with van der Waals surface area (Å²) < 4.78 is 2.24. The average Bonchev–Trinajstić information content (AvgIpc) is 3.19. The van der Waals surface area contributed by atoms with E-state index in [1.807, 2.05) is 19.1 Å². The van der Waals surface area contributed by atoms with E-state index < -0.39 is 0 Å². The van der Waals surface area contributed by atoms with Crippen LogP contribution in [-0.2, 0) is 4.79 Å². The third-order valence-corrected chi connectivity index (χ3v) is 6.47. The van der Waals surface area contributed by atoms with E-state index in [1.54, 1.807) is 0 Å². The van der Waals surface area contributed by atoms with Crippen molar-refractivity contribution in [3.05, 3.63) is 65.1 Å². The number of rotatable bonds is 11. The zero-order chi connectivity index (χ0) is 25.5. The van der Waals surface area contributed by atoms with Gasteiger partial charge in [-0.25, -0.2) is 0 Å². The van der Waals surface area contributed by atoms with Crippen LogP contribution >= 0.6 is 0 Å². The smallest absolute Gasteiger partial charge is 0.270 e. The minimum absolute atomic E-state index is 0.0102. The molecule has 1 aliphatic rings. The predicted octanol–water partition coefficient (Wildman–Crippen LogP) is 5.40. The number of hydrogen-bond acceptors (Lipinski definition) is 4. The molecule has 2 aromatic rings. The quantitative estimate of drug-likeness (QED) is 0.230. The summed E-state index contributed by atoms with van der Waals surface area (Å²) in [6, 6.07) is 4.51. The number of amides is 1. The van der Waals surface area contributed by atoms with Crippen molar-refractivity contribution in [1.82, 2.24) is 20.5 Å². The molecule has 1 aliphatic heterocycles. The molecule has 3 N–H and O–H groups in total. The highest BCUT2D eigenvalue weighted by Gasteiger charge is 2.20. The van der Waals surface area contributed by atoms with Gasteiger partial charge in [0.05, 0.1) is 12.2 Å². The summed E-state index contributed by atoms with van der Waals surface area (Å²) in [5.74, 6) is -0.371. The van der Waals surface area contributed by atoms with Gasteiger partial charge in [0.2, 0.25) is 0 Å².